The Morgan fingerprint density at radius 2 is 2.00 bits per heavy atom. The van der Waals surface area contributed by atoms with Gasteiger partial charge in [-0.05, 0) is 51.0 Å². The van der Waals surface area contributed by atoms with Gasteiger partial charge < -0.3 is 4.90 Å². The maximum Gasteiger partial charge on any atom is 0.139 e. The van der Waals surface area contributed by atoms with Gasteiger partial charge in [0.05, 0.1) is 5.69 Å². The van der Waals surface area contributed by atoms with Crippen molar-refractivity contribution < 1.29 is 0 Å². The van der Waals surface area contributed by atoms with Crippen molar-refractivity contribution >= 4 is 24.0 Å². The van der Waals surface area contributed by atoms with Crippen LogP contribution in [0.3, 0.4) is 0 Å². The highest BCUT2D eigenvalue weighted by atomic mass is 32.1. The molecule has 0 N–H and O–H groups in total. The van der Waals surface area contributed by atoms with Crippen LogP contribution in [0, 0.1) is 6.92 Å². The lowest BCUT2D eigenvalue weighted by molar-refractivity contribution is 0.738. The fourth-order valence-corrected chi connectivity index (χ4v) is 2.36. The standard InChI is InChI=1S/C16H27N3S/c1-7-8-9-14(20)12(4)15-13(5)17-10-18-16(15)19(6)11(2)3/h10-11,20H,7-9H2,1-6H3/b14-12-. The highest BCUT2D eigenvalue weighted by Crippen LogP contribution is 2.32. The van der Waals surface area contributed by atoms with Crippen molar-refractivity contribution in [2.75, 3.05) is 11.9 Å². The summed E-state index contributed by atoms with van der Waals surface area (Å²) in [7, 11) is 2.08. The molecule has 1 rings (SSSR count). The number of unbranched alkanes of at least 4 members (excludes halogenated alkanes) is 1. The Hall–Kier alpha value is -1.03. The van der Waals surface area contributed by atoms with Crippen LogP contribution in [-0.2, 0) is 0 Å². The summed E-state index contributed by atoms with van der Waals surface area (Å²) in [4.78, 5) is 12.2. The first-order valence-corrected chi connectivity index (χ1v) is 7.78. The predicted octanol–water partition coefficient (Wildman–Crippen LogP) is 4.48. The molecule has 0 saturated carbocycles. The number of aromatic nitrogens is 2. The van der Waals surface area contributed by atoms with Gasteiger partial charge in [0, 0.05) is 18.7 Å². The van der Waals surface area contributed by atoms with E-state index in [1.165, 1.54) is 12.0 Å². The topological polar surface area (TPSA) is 29.0 Å². The van der Waals surface area contributed by atoms with E-state index in [1.54, 1.807) is 6.33 Å². The molecular formula is C16H27N3S. The average Bonchev–Trinajstić information content (AvgIpc) is 2.42. The molecule has 20 heavy (non-hydrogen) atoms. The second-order valence-electron chi connectivity index (χ2n) is 5.54. The second kappa shape index (κ2) is 7.67. The monoisotopic (exact) mass is 293 g/mol. The minimum atomic E-state index is 0.398. The van der Waals surface area contributed by atoms with Gasteiger partial charge in [0.1, 0.15) is 12.1 Å². The molecule has 1 aromatic heterocycles. The smallest absolute Gasteiger partial charge is 0.139 e. The van der Waals surface area contributed by atoms with Crippen LogP contribution in [0.15, 0.2) is 11.2 Å². The summed E-state index contributed by atoms with van der Waals surface area (Å²) < 4.78 is 0. The van der Waals surface area contributed by atoms with Crippen LogP contribution in [0.1, 0.15) is 58.2 Å². The molecule has 0 spiro atoms. The largest absolute Gasteiger partial charge is 0.357 e. The van der Waals surface area contributed by atoms with Gasteiger partial charge in [0.25, 0.3) is 0 Å². The number of hydrogen-bond acceptors (Lipinski definition) is 4. The molecule has 0 bridgehead atoms. The zero-order chi connectivity index (χ0) is 15.3. The van der Waals surface area contributed by atoms with Gasteiger partial charge in [0.2, 0.25) is 0 Å². The summed E-state index contributed by atoms with van der Waals surface area (Å²) in [6.45, 7) is 10.7. The SMILES string of the molecule is CCCC/C(S)=C(\C)c1c(C)ncnc1N(C)C(C)C. The molecule has 0 aliphatic carbocycles. The first-order valence-electron chi connectivity index (χ1n) is 7.33. The maximum absolute atomic E-state index is 4.69. The van der Waals surface area contributed by atoms with E-state index in [0.717, 1.165) is 34.8 Å². The van der Waals surface area contributed by atoms with Crippen LogP contribution in [-0.4, -0.2) is 23.1 Å². The van der Waals surface area contributed by atoms with E-state index in [4.69, 9.17) is 12.6 Å². The Morgan fingerprint density at radius 3 is 2.55 bits per heavy atom. The number of aryl methyl sites for hydroxylation is 1. The Bertz CT molecular complexity index is 481. The second-order valence-corrected chi connectivity index (χ2v) is 6.08. The van der Waals surface area contributed by atoms with Crippen LogP contribution in [0.25, 0.3) is 5.57 Å². The zero-order valence-corrected chi connectivity index (χ0v) is 14.5. The molecule has 0 aliphatic rings. The average molecular weight is 293 g/mol. The molecule has 0 atom stereocenters. The number of allylic oxidation sites excluding steroid dienone is 2. The van der Waals surface area contributed by atoms with E-state index < -0.39 is 0 Å². The van der Waals surface area contributed by atoms with Crippen molar-refractivity contribution in [3.8, 4) is 0 Å². The third kappa shape index (κ3) is 3.98. The van der Waals surface area contributed by atoms with Gasteiger partial charge in [-0.15, -0.1) is 12.6 Å². The molecule has 0 radical (unpaired) electrons. The summed E-state index contributed by atoms with van der Waals surface area (Å²) >= 11 is 4.69. The lowest BCUT2D eigenvalue weighted by atomic mass is 10.0. The Labute approximate surface area is 128 Å². The van der Waals surface area contributed by atoms with Crippen LogP contribution in [0.5, 0.6) is 0 Å². The normalized spacial score (nSPS) is 12.6. The van der Waals surface area contributed by atoms with Gasteiger partial charge in [-0.25, -0.2) is 9.97 Å². The highest BCUT2D eigenvalue weighted by Gasteiger charge is 2.17. The van der Waals surface area contributed by atoms with Gasteiger partial charge in [-0.3, -0.25) is 0 Å². The van der Waals surface area contributed by atoms with Crippen molar-refractivity contribution in [1.29, 1.82) is 0 Å². The number of rotatable bonds is 6. The van der Waals surface area contributed by atoms with Crippen LogP contribution >= 0.6 is 12.6 Å². The molecule has 112 valence electrons. The fourth-order valence-electron chi connectivity index (χ4n) is 2.09. The Kier molecular flexibility index (Phi) is 6.53. The number of hydrogen-bond donors (Lipinski definition) is 1. The number of anilines is 1. The third-order valence-corrected chi connectivity index (χ3v) is 4.26. The van der Waals surface area contributed by atoms with Gasteiger partial charge in [-0.1, -0.05) is 13.3 Å². The van der Waals surface area contributed by atoms with Gasteiger partial charge in [-0.2, -0.15) is 0 Å². The predicted molar refractivity (Wildman–Crippen MR) is 91.4 cm³/mol. The lowest BCUT2D eigenvalue weighted by Crippen LogP contribution is -2.28. The minimum absolute atomic E-state index is 0.398. The van der Waals surface area contributed by atoms with E-state index in [2.05, 4.69) is 49.6 Å². The molecular weight excluding hydrogens is 266 g/mol. The molecule has 0 aromatic carbocycles. The Balaban J connectivity index is 3.29. The molecule has 4 heteroatoms. The van der Waals surface area contributed by atoms with E-state index >= 15 is 0 Å². The van der Waals surface area contributed by atoms with Crippen molar-refractivity contribution in [2.24, 2.45) is 0 Å². The molecule has 0 aliphatic heterocycles. The quantitative estimate of drug-likeness (QED) is 0.784. The minimum Gasteiger partial charge on any atom is -0.357 e. The summed E-state index contributed by atoms with van der Waals surface area (Å²) in [5, 5.41) is 0. The summed E-state index contributed by atoms with van der Waals surface area (Å²) in [6, 6.07) is 0.398. The number of thiol groups is 1. The molecule has 0 saturated heterocycles. The first-order chi connectivity index (χ1) is 9.40. The molecule has 0 unspecified atom stereocenters. The molecule has 0 amide bonds. The summed E-state index contributed by atoms with van der Waals surface area (Å²) in [6.07, 6.45) is 5.01. The third-order valence-electron chi connectivity index (χ3n) is 3.70. The van der Waals surface area contributed by atoms with E-state index in [-0.39, 0.29) is 0 Å². The highest BCUT2D eigenvalue weighted by molar-refractivity contribution is 7.84. The van der Waals surface area contributed by atoms with E-state index in [0.29, 0.717) is 6.04 Å². The van der Waals surface area contributed by atoms with Crippen molar-refractivity contribution in [1.82, 2.24) is 9.97 Å². The van der Waals surface area contributed by atoms with Crippen molar-refractivity contribution in [3.05, 3.63) is 22.5 Å². The molecule has 1 heterocycles. The maximum atomic E-state index is 4.69. The van der Waals surface area contributed by atoms with Crippen LogP contribution in [0.2, 0.25) is 0 Å². The zero-order valence-electron chi connectivity index (χ0n) is 13.6. The Morgan fingerprint density at radius 1 is 1.35 bits per heavy atom. The fraction of sp³-hybridized carbons (Fsp3) is 0.625. The van der Waals surface area contributed by atoms with Crippen molar-refractivity contribution in [2.45, 2.75) is 59.9 Å². The number of nitrogens with zero attached hydrogens (tertiary/aromatic N) is 3. The molecule has 1 aromatic rings. The van der Waals surface area contributed by atoms with Crippen LogP contribution < -0.4 is 4.90 Å². The van der Waals surface area contributed by atoms with Gasteiger partial charge in [0.15, 0.2) is 0 Å². The van der Waals surface area contributed by atoms with Crippen molar-refractivity contribution in [3.63, 3.8) is 0 Å². The summed E-state index contributed by atoms with van der Waals surface area (Å²) in [5.74, 6) is 0.994. The van der Waals surface area contributed by atoms with E-state index in [1.807, 2.05) is 6.92 Å². The molecule has 0 fully saturated rings. The first kappa shape index (κ1) is 17.0. The lowest BCUT2D eigenvalue weighted by Gasteiger charge is -2.26. The van der Waals surface area contributed by atoms with Crippen LogP contribution in [0.4, 0.5) is 5.82 Å². The summed E-state index contributed by atoms with van der Waals surface area (Å²) in [5.41, 5.74) is 3.34. The van der Waals surface area contributed by atoms with E-state index in [9.17, 15) is 0 Å². The molecule has 3 nitrogen and oxygen atoms in total. The van der Waals surface area contributed by atoms with Gasteiger partial charge >= 0.3 is 0 Å².